The summed E-state index contributed by atoms with van der Waals surface area (Å²) in [5.41, 5.74) is 1.02. The molecule has 0 aliphatic rings. The Morgan fingerprint density at radius 1 is 0.868 bits per heavy atom. The van der Waals surface area contributed by atoms with Crippen LogP contribution in [0, 0.1) is 5.92 Å². The minimum atomic E-state index is -2.76. The molecule has 3 aromatic rings. The number of rotatable bonds is 15. The highest BCUT2D eigenvalue weighted by molar-refractivity contribution is 6.99. The highest BCUT2D eigenvalue weighted by atomic mass is 28.4. The summed E-state index contributed by atoms with van der Waals surface area (Å²) < 4.78 is 23.7. The summed E-state index contributed by atoms with van der Waals surface area (Å²) in [5, 5.41) is 2.18. The molecule has 0 aliphatic carbocycles. The summed E-state index contributed by atoms with van der Waals surface area (Å²) in [7, 11) is -1.12. The van der Waals surface area contributed by atoms with E-state index in [9.17, 15) is 4.79 Å². The fourth-order valence-corrected chi connectivity index (χ4v) is 9.27. The van der Waals surface area contributed by atoms with E-state index in [0.29, 0.717) is 6.61 Å². The molecule has 0 radical (unpaired) electrons. The van der Waals surface area contributed by atoms with Gasteiger partial charge in [0.2, 0.25) is 0 Å². The molecule has 0 fully saturated rings. The van der Waals surface area contributed by atoms with Gasteiger partial charge in [0.05, 0.1) is 26.2 Å². The van der Waals surface area contributed by atoms with E-state index in [1.165, 1.54) is 10.4 Å². The molecule has 3 aromatic carbocycles. The Kier molecular flexibility index (Phi) is 11.0. The maximum Gasteiger partial charge on any atom is 0.261 e. The van der Waals surface area contributed by atoms with E-state index < -0.39 is 14.2 Å². The molecule has 3 rings (SSSR count). The van der Waals surface area contributed by atoms with Crippen molar-refractivity contribution in [3.05, 3.63) is 103 Å². The van der Waals surface area contributed by atoms with Gasteiger partial charge < -0.3 is 18.6 Å². The zero-order valence-corrected chi connectivity index (χ0v) is 24.0. The summed E-state index contributed by atoms with van der Waals surface area (Å²) in [6.45, 7) is 11.4. The van der Waals surface area contributed by atoms with Crippen LogP contribution in [0.1, 0.15) is 32.8 Å². The minimum absolute atomic E-state index is 0.0492. The van der Waals surface area contributed by atoms with Crippen LogP contribution in [0.2, 0.25) is 5.04 Å². The first-order chi connectivity index (χ1) is 18.3. The largest absolute Gasteiger partial charge is 0.497 e. The molecule has 0 saturated heterocycles. The Morgan fingerprint density at radius 3 is 1.95 bits per heavy atom. The Balaban J connectivity index is 1.74. The topological polar surface area (TPSA) is 54.0 Å². The molecule has 0 bridgehead atoms. The van der Waals surface area contributed by atoms with Crippen molar-refractivity contribution >= 4 is 24.5 Å². The molecule has 6 heteroatoms. The van der Waals surface area contributed by atoms with Crippen molar-refractivity contribution in [3.8, 4) is 5.75 Å². The average Bonchev–Trinajstić information content (AvgIpc) is 2.93. The smallest absolute Gasteiger partial charge is 0.261 e. The fraction of sp³-hybridized carbons (Fsp3) is 0.344. The molecule has 0 aliphatic heterocycles. The normalized spacial score (nSPS) is 12.6. The second kappa shape index (κ2) is 14.2. The quantitative estimate of drug-likeness (QED) is 0.112. The van der Waals surface area contributed by atoms with Gasteiger partial charge >= 0.3 is 0 Å². The predicted molar refractivity (Wildman–Crippen MR) is 155 cm³/mol. The third-order valence-electron chi connectivity index (χ3n) is 6.63. The van der Waals surface area contributed by atoms with Crippen molar-refractivity contribution in [3.63, 3.8) is 0 Å². The van der Waals surface area contributed by atoms with Gasteiger partial charge in [-0.05, 0) is 33.1 Å². The predicted octanol–water partition coefficient (Wildman–Crippen LogP) is 5.52. The lowest BCUT2D eigenvalue weighted by atomic mass is 10.0. The Morgan fingerprint density at radius 2 is 1.45 bits per heavy atom. The number of benzene rings is 3. The van der Waals surface area contributed by atoms with Gasteiger partial charge in [-0.15, -0.1) is 6.58 Å². The van der Waals surface area contributed by atoms with Gasteiger partial charge in [-0.3, -0.25) is 4.79 Å². The van der Waals surface area contributed by atoms with E-state index in [-0.39, 0.29) is 37.2 Å². The number of methoxy groups -OCH3 is 1. The van der Waals surface area contributed by atoms with Gasteiger partial charge in [-0.25, -0.2) is 0 Å². The molecule has 0 spiro atoms. The Hall–Kier alpha value is -3.03. The van der Waals surface area contributed by atoms with Crippen LogP contribution in [-0.2, 0) is 25.3 Å². The standard InChI is InChI=1S/C32H40O5Si/c1-6-13-31(33)27(23-36-25-35-22-26-18-20-28(34-5)21-19-26)24-37-38(32(2,3)4,29-14-9-7-10-15-29)30-16-11-8-12-17-30/h6-12,14-21,27H,1,13,22-25H2,2-5H3/t27-/m0/s1. The van der Waals surface area contributed by atoms with Crippen LogP contribution in [0.25, 0.3) is 0 Å². The lowest BCUT2D eigenvalue weighted by Crippen LogP contribution is -2.67. The molecular formula is C32H40O5Si. The number of allylic oxidation sites excluding steroid dienone is 1. The Bertz CT molecular complexity index is 1080. The zero-order chi connectivity index (χ0) is 27.4. The first kappa shape index (κ1) is 29.5. The van der Waals surface area contributed by atoms with Crippen molar-refractivity contribution in [1.82, 2.24) is 0 Å². The van der Waals surface area contributed by atoms with Crippen molar-refractivity contribution in [1.29, 1.82) is 0 Å². The summed E-state index contributed by atoms with van der Waals surface area (Å²) in [4.78, 5) is 13.1. The summed E-state index contributed by atoms with van der Waals surface area (Å²) in [6, 6.07) is 28.5. The van der Waals surface area contributed by atoms with Crippen molar-refractivity contribution in [2.45, 2.75) is 38.8 Å². The van der Waals surface area contributed by atoms with E-state index in [0.717, 1.165) is 11.3 Å². The second-order valence-electron chi connectivity index (χ2n) is 10.3. The van der Waals surface area contributed by atoms with Gasteiger partial charge in [-0.2, -0.15) is 0 Å². The highest BCUT2D eigenvalue weighted by Gasteiger charge is 2.50. The number of hydrogen-bond donors (Lipinski definition) is 0. The van der Waals surface area contributed by atoms with E-state index in [1.54, 1.807) is 13.2 Å². The SMILES string of the molecule is C=CCC(=O)[C@@H](COCOCc1ccc(OC)cc1)CO[Si](c1ccccc1)(c1ccccc1)C(C)(C)C. The third kappa shape index (κ3) is 7.51. The van der Waals surface area contributed by atoms with Crippen molar-refractivity contribution < 1.29 is 23.4 Å². The molecule has 202 valence electrons. The lowest BCUT2D eigenvalue weighted by Gasteiger charge is -2.43. The maximum absolute atomic E-state index is 13.1. The summed E-state index contributed by atoms with van der Waals surface area (Å²) in [5.74, 6) is 0.418. The van der Waals surface area contributed by atoms with Crippen LogP contribution < -0.4 is 15.1 Å². The Labute approximate surface area is 228 Å². The molecule has 0 aromatic heterocycles. The average molecular weight is 533 g/mol. The van der Waals surface area contributed by atoms with Gasteiger partial charge in [0.15, 0.2) is 0 Å². The lowest BCUT2D eigenvalue weighted by molar-refractivity contribution is -0.129. The van der Waals surface area contributed by atoms with Crippen LogP contribution in [0.4, 0.5) is 0 Å². The van der Waals surface area contributed by atoms with Crippen LogP contribution in [0.5, 0.6) is 5.75 Å². The van der Waals surface area contributed by atoms with Gasteiger partial charge in [0.25, 0.3) is 8.32 Å². The van der Waals surface area contributed by atoms with Gasteiger partial charge in [-0.1, -0.05) is 99.6 Å². The molecule has 5 nitrogen and oxygen atoms in total. The summed E-state index contributed by atoms with van der Waals surface area (Å²) >= 11 is 0. The number of hydrogen-bond acceptors (Lipinski definition) is 5. The molecule has 0 amide bonds. The minimum Gasteiger partial charge on any atom is -0.497 e. The number of Topliss-reactive ketones (excluding diaryl/α,β-unsaturated/α-hetero) is 1. The molecule has 0 heterocycles. The third-order valence-corrected chi connectivity index (χ3v) is 11.6. The van der Waals surface area contributed by atoms with E-state index in [1.807, 2.05) is 36.4 Å². The monoisotopic (exact) mass is 532 g/mol. The van der Waals surface area contributed by atoms with Crippen LogP contribution in [0.15, 0.2) is 97.6 Å². The number of ketones is 1. The van der Waals surface area contributed by atoms with E-state index in [4.69, 9.17) is 18.6 Å². The molecule has 1 atom stereocenters. The van der Waals surface area contributed by atoms with Gasteiger partial charge in [0.1, 0.15) is 18.3 Å². The van der Waals surface area contributed by atoms with E-state index >= 15 is 0 Å². The van der Waals surface area contributed by atoms with Crippen molar-refractivity contribution in [2.75, 3.05) is 27.1 Å². The van der Waals surface area contributed by atoms with Crippen LogP contribution >= 0.6 is 0 Å². The molecule has 0 N–H and O–H groups in total. The molecule has 0 unspecified atom stereocenters. The second-order valence-corrected chi connectivity index (χ2v) is 14.6. The molecular weight excluding hydrogens is 492 g/mol. The molecule has 0 saturated carbocycles. The van der Waals surface area contributed by atoms with Gasteiger partial charge in [0, 0.05) is 13.0 Å². The molecule has 38 heavy (non-hydrogen) atoms. The number of carbonyl (C=O) groups excluding carboxylic acids is 1. The first-order valence-electron chi connectivity index (χ1n) is 13.0. The van der Waals surface area contributed by atoms with Crippen LogP contribution in [0.3, 0.4) is 0 Å². The van der Waals surface area contributed by atoms with Crippen molar-refractivity contribution in [2.24, 2.45) is 5.92 Å². The zero-order valence-electron chi connectivity index (χ0n) is 23.0. The fourth-order valence-electron chi connectivity index (χ4n) is 4.66. The van der Waals surface area contributed by atoms with E-state index in [2.05, 4.69) is 75.9 Å². The number of ether oxygens (including phenoxy) is 3. The maximum atomic E-state index is 13.1. The number of carbonyl (C=O) groups is 1. The van der Waals surface area contributed by atoms with Crippen LogP contribution in [-0.4, -0.2) is 41.2 Å². The summed E-state index contributed by atoms with van der Waals surface area (Å²) in [6.07, 6.45) is 1.91. The first-order valence-corrected chi connectivity index (χ1v) is 14.9. The highest BCUT2D eigenvalue weighted by Crippen LogP contribution is 2.37.